The van der Waals surface area contributed by atoms with Crippen molar-refractivity contribution in [3.05, 3.63) is 16.1 Å². The fourth-order valence-corrected chi connectivity index (χ4v) is 2.17. The molecule has 17 heavy (non-hydrogen) atoms. The van der Waals surface area contributed by atoms with E-state index in [4.69, 9.17) is 10.5 Å². The Morgan fingerprint density at radius 3 is 3.00 bits per heavy atom. The Balaban J connectivity index is 2.67. The molecule has 0 aliphatic heterocycles. The highest BCUT2D eigenvalue weighted by atomic mass is 32.1. The molecule has 0 spiro atoms. The van der Waals surface area contributed by atoms with E-state index in [1.165, 1.54) is 11.3 Å². The van der Waals surface area contributed by atoms with Gasteiger partial charge >= 0.3 is 0 Å². The van der Waals surface area contributed by atoms with E-state index in [0.717, 1.165) is 11.4 Å². The van der Waals surface area contributed by atoms with E-state index in [1.807, 2.05) is 6.92 Å². The van der Waals surface area contributed by atoms with Crippen molar-refractivity contribution < 1.29 is 9.53 Å². The van der Waals surface area contributed by atoms with Crippen LogP contribution < -0.4 is 5.73 Å². The third-order valence-electron chi connectivity index (χ3n) is 2.52. The number of methoxy groups -OCH3 is 1. The van der Waals surface area contributed by atoms with Gasteiger partial charge in [-0.25, -0.2) is 4.98 Å². The molecule has 0 fully saturated rings. The second-order valence-corrected chi connectivity index (χ2v) is 4.83. The molecule has 1 atom stereocenters. The SMILES string of the molecule is COCC(C)N(C)C(=O)c1csc(CCN)n1. The molecule has 5 nitrogen and oxygen atoms in total. The number of rotatable bonds is 6. The predicted molar refractivity (Wildman–Crippen MR) is 68.3 cm³/mol. The van der Waals surface area contributed by atoms with E-state index < -0.39 is 0 Å². The van der Waals surface area contributed by atoms with Gasteiger partial charge in [0.1, 0.15) is 5.69 Å². The fourth-order valence-electron chi connectivity index (χ4n) is 1.38. The van der Waals surface area contributed by atoms with Crippen molar-refractivity contribution in [3.63, 3.8) is 0 Å². The van der Waals surface area contributed by atoms with E-state index in [0.29, 0.717) is 18.8 Å². The van der Waals surface area contributed by atoms with Crippen LogP contribution >= 0.6 is 11.3 Å². The molecule has 1 aromatic rings. The summed E-state index contributed by atoms with van der Waals surface area (Å²) in [7, 11) is 3.38. The third kappa shape index (κ3) is 3.76. The second-order valence-electron chi connectivity index (χ2n) is 3.89. The van der Waals surface area contributed by atoms with Crippen LogP contribution in [0.25, 0.3) is 0 Å². The van der Waals surface area contributed by atoms with Crippen LogP contribution in [0, 0.1) is 0 Å². The number of hydrogen-bond donors (Lipinski definition) is 1. The minimum absolute atomic E-state index is 0.0344. The average molecular weight is 257 g/mol. The van der Waals surface area contributed by atoms with Gasteiger partial charge in [0, 0.05) is 26.0 Å². The van der Waals surface area contributed by atoms with Crippen molar-refractivity contribution in [1.82, 2.24) is 9.88 Å². The topological polar surface area (TPSA) is 68.5 Å². The molecule has 0 saturated carbocycles. The van der Waals surface area contributed by atoms with E-state index in [1.54, 1.807) is 24.4 Å². The van der Waals surface area contributed by atoms with Crippen LogP contribution in [0.4, 0.5) is 0 Å². The lowest BCUT2D eigenvalue weighted by Crippen LogP contribution is -2.38. The summed E-state index contributed by atoms with van der Waals surface area (Å²) in [6, 6.07) is 0.0344. The molecule has 0 aliphatic carbocycles. The summed E-state index contributed by atoms with van der Waals surface area (Å²) >= 11 is 1.48. The molecule has 0 saturated heterocycles. The standard InChI is InChI=1S/C11H19N3O2S/c1-8(6-16-3)14(2)11(15)9-7-17-10(13-9)4-5-12/h7-8H,4-6,12H2,1-3H3. The molecule has 0 aromatic carbocycles. The van der Waals surface area contributed by atoms with Crippen LogP contribution in [0.5, 0.6) is 0 Å². The van der Waals surface area contributed by atoms with Gasteiger partial charge in [0.05, 0.1) is 17.7 Å². The Bertz CT molecular complexity index is 367. The van der Waals surface area contributed by atoms with Crippen molar-refractivity contribution in [2.24, 2.45) is 5.73 Å². The molecule has 6 heteroatoms. The summed E-state index contributed by atoms with van der Waals surface area (Å²) in [6.45, 7) is 3.01. The zero-order chi connectivity index (χ0) is 12.8. The number of nitrogens with two attached hydrogens (primary N) is 1. The molecule has 0 aliphatic rings. The third-order valence-corrected chi connectivity index (χ3v) is 3.43. The lowest BCUT2D eigenvalue weighted by atomic mass is 10.3. The number of hydrogen-bond acceptors (Lipinski definition) is 5. The number of nitrogens with zero attached hydrogens (tertiary/aromatic N) is 2. The first kappa shape index (κ1) is 14.1. The molecular weight excluding hydrogens is 238 g/mol. The number of ether oxygens (including phenoxy) is 1. The summed E-state index contributed by atoms with van der Waals surface area (Å²) < 4.78 is 5.03. The van der Waals surface area contributed by atoms with E-state index in [-0.39, 0.29) is 11.9 Å². The van der Waals surface area contributed by atoms with Crippen LogP contribution in [0.2, 0.25) is 0 Å². The molecular formula is C11H19N3O2S. The van der Waals surface area contributed by atoms with Crippen LogP contribution in [-0.4, -0.2) is 49.1 Å². The van der Waals surface area contributed by atoms with E-state index in [9.17, 15) is 4.79 Å². The molecule has 1 rings (SSSR count). The highest BCUT2D eigenvalue weighted by Crippen LogP contribution is 2.12. The van der Waals surface area contributed by atoms with Crippen LogP contribution in [0.1, 0.15) is 22.4 Å². The Labute approximate surface area is 106 Å². The van der Waals surface area contributed by atoms with Crippen LogP contribution in [0.15, 0.2) is 5.38 Å². The minimum Gasteiger partial charge on any atom is -0.383 e. The number of likely N-dealkylation sites (N-methyl/N-ethyl adjacent to an activating group) is 1. The molecule has 1 unspecified atom stereocenters. The number of aromatic nitrogens is 1. The molecule has 96 valence electrons. The highest BCUT2D eigenvalue weighted by molar-refractivity contribution is 7.09. The van der Waals surface area contributed by atoms with E-state index in [2.05, 4.69) is 4.98 Å². The van der Waals surface area contributed by atoms with Gasteiger partial charge in [-0.1, -0.05) is 0 Å². The Kier molecular flexibility index (Phi) is 5.54. The molecule has 0 radical (unpaired) electrons. The molecule has 1 heterocycles. The summed E-state index contributed by atoms with van der Waals surface area (Å²) in [5, 5.41) is 2.69. The molecule has 2 N–H and O–H groups in total. The number of carbonyl (C=O) groups is 1. The van der Waals surface area contributed by atoms with Crippen LogP contribution in [0.3, 0.4) is 0 Å². The van der Waals surface area contributed by atoms with Gasteiger partial charge in [0.25, 0.3) is 5.91 Å². The summed E-state index contributed by atoms with van der Waals surface area (Å²) in [5.74, 6) is -0.0749. The van der Waals surface area contributed by atoms with Gasteiger partial charge in [-0.2, -0.15) is 0 Å². The summed E-state index contributed by atoms with van der Waals surface area (Å²) in [4.78, 5) is 18.0. The van der Waals surface area contributed by atoms with Crippen molar-refractivity contribution in [2.45, 2.75) is 19.4 Å². The monoisotopic (exact) mass is 257 g/mol. The zero-order valence-electron chi connectivity index (χ0n) is 10.5. The first-order valence-corrected chi connectivity index (χ1v) is 6.38. The van der Waals surface area contributed by atoms with Gasteiger partial charge in [-0.3, -0.25) is 4.79 Å². The predicted octanol–water partition coefficient (Wildman–Crippen LogP) is 0.751. The van der Waals surface area contributed by atoms with Gasteiger partial charge < -0.3 is 15.4 Å². The Morgan fingerprint density at radius 1 is 1.71 bits per heavy atom. The second kappa shape index (κ2) is 6.68. The Morgan fingerprint density at radius 2 is 2.41 bits per heavy atom. The van der Waals surface area contributed by atoms with Crippen molar-refractivity contribution >= 4 is 17.2 Å². The minimum atomic E-state index is -0.0749. The van der Waals surface area contributed by atoms with Crippen LogP contribution in [-0.2, 0) is 11.2 Å². The fraction of sp³-hybridized carbons (Fsp3) is 0.636. The number of thiazole rings is 1. The van der Waals surface area contributed by atoms with Gasteiger partial charge in [-0.05, 0) is 13.5 Å². The first-order chi connectivity index (χ1) is 8.10. The van der Waals surface area contributed by atoms with Crippen molar-refractivity contribution in [1.29, 1.82) is 0 Å². The van der Waals surface area contributed by atoms with Gasteiger partial charge in [0.15, 0.2) is 0 Å². The maximum absolute atomic E-state index is 12.1. The quantitative estimate of drug-likeness (QED) is 0.816. The maximum Gasteiger partial charge on any atom is 0.273 e. The van der Waals surface area contributed by atoms with Gasteiger partial charge in [0.2, 0.25) is 0 Å². The lowest BCUT2D eigenvalue weighted by Gasteiger charge is -2.23. The van der Waals surface area contributed by atoms with Crippen molar-refractivity contribution in [2.75, 3.05) is 27.3 Å². The molecule has 0 bridgehead atoms. The summed E-state index contributed by atoms with van der Waals surface area (Å²) in [6.07, 6.45) is 0.718. The van der Waals surface area contributed by atoms with E-state index >= 15 is 0 Å². The molecule has 1 aromatic heterocycles. The summed E-state index contributed by atoms with van der Waals surface area (Å²) in [5.41, 5.74) is 5.94. The zero-order valence-corrected chi connectivity index (χ0v) is 11.3. The van der Waals surface area contributed by atoms with Crippen molar-refractivity contribution in [3.8, 4) is 0 Å². The Hall–Kier alpha value is -0.980. The first-order valence-electron chi connectivity index (χ1n) is 5.50. The smallest absolute Gasteiger partial charge is 0.273 e. The lowest BCUT2D eigenvalue weighted by molar-refractivity contribution is 0.0628. The number of carbonyl (C=O) groups excluding carboxylic acids is 1. The normalized spacial score (nSPS) is 12.5. The highest BCUT2D eigenvalue weighted by Gasteiger charge is 2.19. The maximum atomic E-state index is 12.1. The average Bonchev–Trinajstić information content (AvgIpc) is 2.76. The van der Waals surface area contributed by atoms with Gasteiger partial charge in [-0.15, -0.1) is 11.3 Å². The number of amides is 1. The molecule has 1 amide bonds. The largest absolute Gasteiger partial charge is 0.383 e.